The third kappa shape index (κ3) is 4.74. The van der Waals surface area contributed by atoms with Gasteiger partial charge in [-0.2, -0.15) is 0 Å². The molecule has 162 valence electrons. The lowest BCUT2D eigenvalue weighted by Gasteiger charge is -2.70. The van der Waals surface area contributed by atoms with Crippen LogP contribution in [0.15, 0.2) is 48.5 Å². The molecule has 0 unspecified atom stereocenters. The van der Waals surface area contributed by atoms with Crippen molar-refractivity contribution in [3.05, 3.63) is 64.9 Å². The first-order valence-corrected chi connectivity index (χ1v) is 10.4. The molecule has 3 fully saturated rings. The van der Waals surface area contributed by atoms with E-state index in [1.807, 2.05) is 30.3 Å². The van der Waals surface area contributed by atoms with E-state index in [0.717, 1.165) is 36.6 Å². The lowest BCUT2D eigenvalue weighted by Crippen LogP contribution is -2.75. The van der Waals surface area contributed by atoms with E-state index in [1.165, 1.54) is 12.1 Å². The van der Waals surface area contributed by atoms with E-state index in [-0.39, 0.29) is 40.0 Å². The zero-order valence-electron chi connectivity index (χ0n) is 17.1. The van der Waals surface area contributed by atoms with Crippen LogP contribution in [0, 0.1) is 11.2 Å². The first-order chi connectivity index (χ1) is 14.8. The third-order valence-corrected chi connectivity index (χ3v) is 6.24. The molecule has 1 amide bonds. The normalized spacial score (nSPS) is 23.6. The maximum Gasteiger partial charge on any atom is 0.258 e. The Morgan fingerprint density at radius 1 is 1.13 bits per heavy atom. The molecule has 1 N–H and O–H groups in total. The van der Waals surface area contributed by atoms with E-state index in [0.29, 0.717) is 6.42 Å². The van der Waals surface area contributed by atoms with Crippen molar-refractivity contribution in [1.29, 1.82) is 0 Å². The van der Waals surface area contributed by atoms with Crippen molar-refractivity contribution < 1.29 is 23.5 Å². The molecule has 0 saturated heterocycles. The number of methoxy groups -OCH3 is 1. The van der Waals surface area contributed by atoms with E-state index < -0.39 is 5.82 Å². The molecule has 0 heterocycles. The molecule has 2 bridgehead atoms. The quantitative estimate of drug-likeness (QED) is 0.576. The molecule has 0 aliphatic heterocycles. The van der Waals surface area contributed by atoms with Gasteiger partial charge >= 0.3 is 0 Å². The molecule has 0 radical (unpaired) electrons. The monoisotopic (exact) mass is 443 g/mol. The number of ketones is 1. The molecule has 3 aliphatic carbocycles. The number of carbonyl (C=O) groups is 2. The van der Waals surface area contributed by atoms with Crippen molar-refractivity contribution in [3.8, 4) is 11.5 Å². The number of amides is 1. The van der Waals surface area contributed by atoms with Crippen LogP contribution in [0.1, 0.15) is 31.2 Å². The number of rotatable bonds is 9. The lowest BCUT2D eigenvalue weighted by molar-refractivity contribution is -0.171. The molecule has 0 atom stereocenters. The van der Waals surface area contributed by atoms with E-state index in [9.17, 15) is 14.0 Å². The fourth-order valence-electron chi connectivity index (χ4n) is 4.70. The Morgan fingerprint density at radius 2 is 1.81 bits per heavy atom. The number of hydrogen-bond donors (Lipinski definition) is 1. The molecule has 7 heteroatoms. The second-order valence-electron chi connectivity index (χ2n) is 8.47. The summed E-state index contributed by atoms with van der Waals surface area (Å²) < 4.78 is 23.9. The number of benzene rings is 2. The topological polar surface area (TPSA) is 64.6 Å². The van der Waals surface area contributed by atoms with Crippen LogP contribution >= 0.6 is 11.6 Å². The summed E-state index contributed by atoms with van der Waals surface area (Å²) in [5.74, 6) is 0.264. The minimum absolute atomic E-state index is 0.00403. The van der Waals surface area contributed by atoms with Gasteiger partial charge in [-0.15, -0.1) is 0 Å². The van der Waals surface area contributed by atoms with E-state index in [1.54, 1.807) is 13.2 Å². The van der Waals surface area contributed by atoms with Gasteiger partial charge in [0, 0.05) is 18.0 Å². The van der Waals surface area contributed by atoms with Gasteiger partial charge in [0.25, 0.3) is 5.91 Å². The van der Waals surface area contributed by atoms with Gasteiger partial charge in [0.1, 0.15) is 17.3 Å². The van der Waals surface area contributed by atoms with Crippen LogP contribution in [0.4, 0.5) is 4.39 Å². The standard InChI is InChI=1S/C24H23ClFNO4/c1-30-18-6-3-16(4-7-18)2-5-17(28)11-23-13-24(14-23,15-23)27-22(29)12-31-19-8-9-20(25)21(26)10-19/h2-10H,11-15H2,1H3,(H,27,29)/b5-2+. The maximum atomic E-state index is 13.4. The first kappa shape index (κ1) is 21.4. The summed E-state index contributed by atoms with van der Waals surface area (Å²) in [6.45, 7) is -0.195. The Balaban J connectivity index is 1.20. The van der Waals surface area contributed by atoms with Crippen molar-refractivity contribution in [2.45, 2.75) is 31.2 Å². The van der Waals surface area contributed by atoms with Crippen LogP contribution in [0.3, 0.4) is 0 Å². The first-order valence-electron chi connectivity index (χ1n) is 10.0. The molecular weight excluding hydrogens is 421 g/mol. The van der Waals surface area contributed by atoms with Crippen molar-refractivity contribution in [3.63, 3.8) is 0 Å². The Morgan fingerprint density at radius 3 is 2.45 bits per heavy atom. The average Bonchev–Trinajstić information content (AvgIpc) is 2.71. The molecule has 0 aromatic heterocycles. The van der Waals surface area contributed by atoms with Gasteiger partial charge in [0.2, 0.25) is 0 Å². The fourth-order valence-corrected chi connectivity index (χ4v) is 4.82. The zero-order chi connectivity index (χ0) is 22.1. The number of carbonyl (C=O) groups excluding carboxylic acids is 2. The molecule has 3 saturated carbocycles. The van der Waals surface area contributed by atoms with Gasteiger partial charge in [0.05, 0.1) is 12.1 Å². The van der Waals surface area contributed by atoms with E-state index >= 15 is 0 Å². The number of halogens is 2. The third-order valence-electron chi connectivity index (χ3n) is 5.93. The van der Waals surface area contributed by atoms with Gasteiger partial charge in [-0.25, -0.2) is 4.39 Å². The summed E-state index contributed by atoms with van der Waals surface area (Å²) in [4.78, 5) is 24.5. The summed E-state index contributed by atoms with van der Waals surface area (Å²) in [5.41, 5.74) is 0.705. The number of hydrogen-bond acceptors (Lipinski definition) is 4. The second kappa shape index (κ2) is 8.35. The highest BCUT2D eigenvalue weighted by Crippen LogP contribution is 2.69. The summed E-state index contributed by atoms with van der Waals surface area (Å²) >= 11 is 5.63. The molecule has 5 nitrogen and oxygen atoms in total. The van der Waals surface area contributed by atoms with Gasteiger partial charge in [-0.05, 0) is 60.6 Å². The van der Waals surface area contributed by atoms with Crippen LogP contribution in [0.25, 0.3) is 6.08 Å². The zero-order valence-corrected chi connectivity index (χ0v) is 17.9. The predicted molar refractivity (Wildman–Crippen MR) is 116 cm³/mol. The van der Waals surface area contributed by atoms with Crippen LogP contribution < -0.4 is 14.8 Å². The number of ether oxygens (including phenoxy) is 2. The Bertz CT molecular complexity index is 1010. The van der Waals surface area contributed by atoms with E-state index in [2.05, 4.69) is 5.32 Å². The molecule has 2 aromatic rings. The predicted octanol–water partition coefficient (Wildman–Crippen LogP) is 4.58. The highest BCUT2D eigenvalue weighted by Gasteiger charge is 2.68. The molecule has 2 aromatic carbocycles. The summed E-state index contributed by atoms with van der Waals surface area (Å²) in [6.07, 6.45) is 6.29. The SMILES string of the molecule is COc1ccc(/C=C/C(=O)CC23CC(NC(=O)COc4ccc(Cl)c(F)c4)(C2)C3)cc1. The Hall–Kier alpha value is -2.86. The van der Waals surface area contributed by atoms with Gasteiger partial charge in [-0.3, -0.25) is 9.59 Å². The van der Waals surface area contributed by atoms with Gasteiger partial charge < -0.3 is 14.8 Å². The Labute approximate surface area is 185 Å². The molecular formula is C24H23ClFNO4. The average molecular weight is 444 g/mol. The fraction of sp³-hybridized carbons (Fsp3) is 0.333. The van der Waals surface area contributed by atoms with E-state index in [4.69, 9.17) is 21.1 Å². The van der Waals surface area contributed by atoms with Crippen molar-refractivity contribution in [2.24, 2.45) is 5.41 Å². The summed E-state index contributed by atoms with van der Waals surface area (Å²) in [7, 11) is 1.61. The number of nitrogens with one attached hydrogen (secondary N) is 1. The highest BCUT2D eigenvalue weighted by atomic mass is 35.5. The van der Waals surface area contributed by atoms with Crippen molar-refractivity contribution in [2.75, 3.05) is 13.7 Å². The molecule has 31 heavy (non-hydrogen) atoms. The minimum atomic E-state index is -0.591. The van der Waals surface area contributed by atoms with Gasteiger partial charge in [-0.1, -0.05) is 29.8 Å². The van der Waals surface area contributed by atoms with Crippen molar-refractivity contribution >= 4 is 29.4 Å². The minimum Gasteiger partial charge on any atom is -0.497 e. The summed E-state index contributed by atoms with van der Waals surface area (Å²) in [5, 5.41) is 3.00. The highest BCUT2D eigenvalue weighted by molar-refractivity contribution is 6.30. The van der Waals surface area contributed by atoms with Crippen LogP contribution in [-0.2, 0) is 9.59 Å². The molecule has 0 spiro atoms. The van der Waals surface area contributed by atoms with Crippen LogP contribution in [0.5, 0.6) is 11.5 Å². The smallest absolute Gasteiger partial charge is 0.258 e. The van der Waals surface area contributed by atoms with Gasteiger partial charge in [0.15, 0.2) is 12.4 Å². The van der Waals surface area contributed by atoms with Crippen LogP contribution in [-0.4, -0.2) is 30.9 Å². The lowest BCUT2D eigenvalue weighted by atomic mass is 9.38. The summed E-state index contributed by atoms with van der Waals surface area (Å²) in [6, 6.07) is 11.5. The molecule has 5 rings (SSSR count). The van der Waals surface area contributed by atoms with Crippen molar-refractivity contribution in [1.82, 2.24) is 5.32 Å². The number of allylic oxidation sites excluding steroid dienone is 1. The maximum absolute atomic E-state index is 13.4. The Kier molecular flexibility index (Phi) is 5.75. The largest absolute Gasteiger partial charge is 0.497 e. The second-order valence-corrected chi connectivity index (χ2v) is 8.88. The van der Waals surface area contributed by atoms with Crippen LogP contribution in [0.2, 0.25) is 5.02 Å². The molecule has 3 aliphatic rings.